The van der Waals surface area contributed by atoms with Crippen LogP contribution >= 0.6 is 15.9 Å². The van der Waals surface area contributed by atoms with Crippen LogP contribution in [0.15, 0.2) is 64.6 Å². The Hall–Kier alpha value is -2.52. The maximum Gasteiger partial charge on any atom is 0.333 e. The summed E-state index contributed by atoms with van der Waals surface area (Å²) >= 11 is 3.46. The molecule has 4 rings (SSSR count). The minimum Gasteiger partial charge on any atom is -0.390 e. The minimum absolute atomic E-state index is 0.155. The molecule has 2 aliphatic carbocycles. The first-order valence-electron chi connectivity index (χ1n) is 11.5. The molecule has 5 atom stereocenters. The number of nitrogens with one attached hydrogen (secondary N) is 1. The highest BCUT2D eigenvalue weighted by molar-refractivity contribution is 9.10. The Balaban J connectivity index is 1.51. The van der Waals surface area contributed by atoms with Gasteiger partial charge in [-0.25, -0.2) is 15.1 Å². The lowest BCUT2D eigenvalue weighted by atomic mass is 9.85. The fourth-order valence-corrected chi connectivity index (χ4v) is 5.36. The maximum absolute atomic E-state index is 13.4. The summed E-state index contributed by atoms with van der Waals surface area (Å²) in [4.78, 5) is 21.6. The molecule has 0 radical (unpaired) electrons. The lowest BCUT2D eigenvalue weighted by Gasteiger charge is -2.26. The summed E-state index contributed by atoms with van der Waals surface area (Å²) in [6.45, 7) is 1.49. The van der Waals surface area contributed by atoms with E-state index < -0.39 is 40.0 Å². The number of benzene rings is 1. The van der Waals surface area contributed by atoms with Gasteiger partial charge in [0.15, 0.2) is 5.78 Å². The van der Waals surface area contributed by atoms with E-state index in [1.807, 2.05) is 37.3 Å². The molecule has 0 aliphatic heterocycles. The van der Waals surface area contributed by atoms with Crippen LogP contribution in [-0.2, 0) is 20.0 Å². The van der Waals surface area contributed by atoms with Crippen molar-refractivity contribution < 1.29 is 27.6 Å². The summed E-state index contributed by atoms with van der Waals surface area (Å²) in [7, 11) is -4.19. The van der Waals surface area contributed by atoms with Gasteiger partial charge in [0.25, 0.3) is 0 Å². The molecule has 2 aliphatic rings. The summed E-state index contributed by atoms with van der Waals surface area (Å²) < 4.78 is 27.7. The Morgan fingerprint density at radius 3 is 2.78 bits per heavy atom. The van der Waals surface area contributed by atoms with Crippen molar-refractivity contribution in [2.75, 3.05) is 11.9 Å². The minimum atomic E-state index is -4.19. The number of nitrogens with two attached hydrogens (primary N) is 2. The van der Waals surface area contributed by atoms with E-state index in [2.05, 4.69) is 35.4 Å². The summed E-state index contributed by atoms with van der Waals surface area (Å²) in [5, 5.41) is 28.7. The molecule has 37 heavy (non-hydrogen) atoms. The summed E-state index contributed by atoms with van der Waals surface area (Å²) in [5.74, 6) is -0.820. The van der Waals surface area contributed by atoms with Crippen molar-refractivity contribution >= 4 is 37.8 Å². The van der Waals surface area contributed by atoms with E-state index in [0.29, 0.717) is 12.0 Å². The fourth-order valence-electron chi connectivity index (χ4n) is 4.60. The highest BCUT2D eigenvalue weighted by Crippen LogP contribution is 2.36. The SMILES string of the molecule is CC(N)(C1=CCC(C(=O)c2cncnc2N[C@@H]2C[C@H](COS(N)(=O)=O)[C@@H](O)[C@H]2O)=C1)c1cccc(Br)c1. The number of hydrogen-bond donors (Lipinski definition) is 5. The van der Waals surface area contributed by atoms with Crippen LogP contribution in [0.5, 0.6) is 0 Å². The number of nitrogens with zero attached hydrogens (tertiary/aromatic N) is 2. The number of aliphatic hydroxyl groups is 2. The monoisotopic (exact) mass is 593 g/mol. The van der Waals surface area contributed by atoms with E-state index in [1.54, 1.807) is 6.08 Å². The van der Waals surface area contributed by atoms with Crippen LogP contribution in [0.3, 0.4) is 0 Å². The van der Waals surface area contributed by atoms with Gasteiger partial charge < -0.3 is 21.3 Å². The lowest BCUT2D eigenvalue weighted by Crippen LogP contribution is -2.36. The number of carbonyl (C=O) groups excluding carboxylic acids is 1. The van der Waals surface area contributed by atoms with E-state index in [0.717, 1.165) is 15.6 Å². The molecule has 1 aromatic carbocycles. The van der Waals surface area contributed by atoms with Gasteiger partial charge in [-0.05, 0) is 49.1 Å². The molecule has 1 fully saturated rings. The van der Waals surface area contributed by atoms with Crippen LogP contribution in [0.1, 0.15) is 35.7 Å². The zero-order valence-corrected chi connectivity index (χ0v) is 22.3. The van der Waals surface area contributed by atoms with Crippen LogP contribution in [0.2, 0.25) is 0 Å². The quantitative estimate of drug-likeness (QED) is 0.265. The van der Waals surface area contributed by atoms with E-state index in [-0.39, 0.29) is 30.2 Å². The molecule has 0 spiro atoms. The van der Waals surface area contributed by atoms with Crippen LogP contribution in [0.4, 0.5) is 5.82 Å². The van der Waals surface area contributed by atoms with Crippen molar-refractivity contribution in [3.8, 4) is 0 Å². The highest BCUT2D eigenvalue weighted by Gasteiger charge is 2.42. The van der Waals surface area contributed by atoms with Crippen molar-refractivity contribution in [3.05, 3.63) is 75.7 Å². The van der Waals surface area contributed by atoms with Crippen LogP contribution in [0, 0.1) is 5.92 Å². The first-order chi connectivity index (χ1) is 17.4. The predicted octanol–water partition coefficient (Wildman–Crippen LogP) is 1.29. The maximum atomic E-state index is 13.4. The Labute approximate surface area is 223 Å². The molecule has 2 aromatic rings. The molecule has 1 unspecified atom stereocenters. The van der Waals surface area contributed by atoms with Gasteiger partial charge in [0.2, 0.25) is 0 Å². The zero-order valence-electron chi connectivity index (χ0n) is 19.9. The Kier molecular flexibility index (Phi) is 7.95. The van der Waals surface area contributed by atoms with Gasteiger partial charge in [-0.1, -0.05) is 34.1 Å². The smallest absolute Gasteiger partial charge is 0.333 e. The number of halogens is 1. The normalized spacial score (nSPS) is 25.4. The summed E-state index contributed by atoms with van der Waals surface area (Å²) in [5.41, 5.74) is 8.22. The van der Waals surface area contributed by atoms with Crippen LogP contribution in [-0.4, -0.2) is 59.2 Å². The van der Waals surface area contributed by atoms with E-state index in [4.69, 9.17) is 10.9 Å². The third-order valence-electron chi connectivity index (χ3n) is 6.71. The molecule has 7 N–H and O–H groups in total. The first kappa shape index (κ1) is 27.5. The largest absolute Gasteiger partial charge is 0.390 e. The van der Waals surface area contributed by atoms with Crippen molar-refractivity contribution in [2.24, 2.45) is 16.8 Å². The Bertz CT molecular complexity index is 1360. The molecular formula is C24H28BrN5O6S. The second kappa shape index (κ2) is 10.7. The molecule has 1 aromatic heterocycles. The van der Waals surface area contributed by atoms with Gasteiger partial charge in [-0.15, -0.1) is 0 Å². The second-order valence-corrected chi connectivity index (χ2v) is 11.5. The average molecular weight is 594 g/mol. The number of hydrogen-bond acceptors (Lipinski definition) is 10. The van der Waals surface area contributed by atoms with Gasteiger partial charge in [0.05, 0.1) is 29.9 Å². The van der Waals surface area contributed by atoms with Crippen molar-refractivity contribution in [1.29, 1.82) is 0 Å². The zero-order chi connectivity index (χ0) is 27.0. The molecule has 1 saturated carbocycles. The van der Waals surface area contributed by atoms with Gasteiger partial charge >= 0.3 is 10.3 Å². The van der Waals surface area contributed by atoms with E-state index in [9.17, 15) is 23.4 Å². The number of rotatable bonds is 9. The fraction of sp³-hybridized carbons (Fsp3) is 0.375. The van der Waals surface area contributed by atoms with E-state index in [1.165, 1.54) is 12.5 Å². The van der Waals surface area contributed by atoms with Gasteiger partial charge in [-0.3, -0.25) is 8.98 Å². The molecule has 0 bridgehead atoms. The number of aromatic nitrogens is 2. The average Bonchev–Trinajstić information content (AvgIpc) is 3.44. The number of Topliss-reactive ketones (excluding diaryl/α,β-unsaturated/α-hetero) is 1. The number of aliphatic hydroxyl groups excluding tert-OH is 2. The number of carbonyl (C=O) groups is 1. The standard InChI is InChI=1S/C24H28BrN5O6S/c1-24(26,15-3-2-4-17(25)9-15)16-6-5-13(7-16)20(31)18-10-28-12-29-23(18)30-19-8-14(21(32)22(19)33)11-36-37(27,34)35/h2-4,6-7,9-10,12,14,19,21-22,32-33H,5,8,11,26H2,1H3,(H2,27,34,35)(H,28,29,30)/t14-,19-,21-,22+,24?/m1/s1. The van der Waals surface area contributed by atoms with Crippen LogP contribution in [0.25, 0.3) is 0 Å². The van der Waals surface area contributed by atoms with Gasteiger partial charge in [0, 0.05) is 22.2 Å². The van der Waals surface area contributed by atoms with Gasteiger partial charge in [-0.2, -0.15) is 8.42 Å². The molecule has 1 heterocycles. The van der Waals surface area contributed by atoms with Crippen LogP contribution < -0.4 is 16.2 Å². The van der Waals surface area contributed by atoms with Crippen molar-refractivity contribution in [1.82, 2.24) is 9.97 Å². The molecule has 198 valence electrons. The van der Waals surface area contributed by atoms with Crippen molar-refractivity contribution in [3.63, 3.8) is 0 Å². The number of ketones is 1. The predicted molar refractivity (Wildman–Crippen MR) is 139 cm³/mol. The first-order valence-corrected chi connectivity index (χ1v) is 13.7. The third kappa shape index (κ3) is 6.14. The molecule has 0 saturated heterocycles. The second-order valence-electron chi connectivity index (χ2n) is 9.37. The highest BCUT2D eigenvalue weighted by atomic mass is 79.9. The Morgan fingerprint density at radius 1 is 1.32 bits per heavy atom. The lowest BCUT2D eigenvalue weighted by molar-refractivity contribution is 0.00778. The topological polar surface area (TPSA) is 191 Å². The molecule has 11 nitrogen and oxygen atoms in total. The summed E-state index contributed by atoms with van der Waals surface area (Å²) in [6, 6.07) is 6.95. The van der Waals surface area contributed by atoms with Crippen molar-refractivity contribution in [2.45, 2.75) is 43.6 Å². The molecule has 13 heteroatoms. The van der Waals surface area contributed by atoms with Gasteiger partial charge in [0.1, 0.15) is 18.2 Å². The molecular weight excluding hydrogens is 566 g/mol. The number of anilines is 1. The third-order valence-corrected chi connectivity index (χ3v) is 7.67. The van der Waals surface area contributed by atoms with E-state index >= 15 is 0 Å². The summed E-state index contributed by atoms with van der Waals surface area (Å²) in [6.07, 6.45) is 4.34. The molecule has 0 amide bonds. The number of allylic oxidation sites excluding steroid dienone is 2. The Morgan fingerprint density at radius 2 is 2.08 bits per heavy atom.